The Labute approximate surface area is 334 Å². The van der Waals surface area contributed by atoms with Crippen LogP contribution in [0.3, 0.4) is 0 Å². The second-order valence-electron chi connectivity index (χ2n) is 15.6. The Hall–Kier alpha value is -0.760. The first-order valence-corrected chi connectivity index (χ1v) is 24.7. The summed E-state index contributed by atoms with van der Waals surface area (Å²) in [6.45, 7) is 4.97. The van der Waals surface area contributed by atoms with E-state index in [1.165, 1.54) is 180 Å². The number of allylic oxidation sites excluding steroid dienone is 2. The van der Waals surface area contributed by atoms with Crippen LogP contribution in [0.25, 0.3) is 0 Å². The number of esters is 1. The van der Waals surface area contributed by atoms with Gasteiger partial charge in [0.1, 0.15) is 6.10 Å². The molecule has 0 aromatic carbocycles. The maximum atomic E-state index is 12.6. The number of unbranched alkanes of at least 4 members (excludes halogenated alkanes) is 30. The van der Waals surface area contributed by atoms with E-state index in [9.17, 15) is 14.3 Å². The third-order valence-corrected chi connectivity index (χ3v) is 11.2. The highest BCUT2D eigenvalue weighted by atomic mass is 31.2. The zero-order chi connectivity index (χ0) is 39.5. The highest BCUT2D eigenvalue weighted by molar-refractivity contribution is 7.47. The first-order valence-electron chi connectivity index (χ1n) is 23.2. The second kappa shape index (κ2) is 43.4. The number of carbonyl (C=O) groups is 1. The van der Waals surface area contributed by atoms with Gasteiger partial charge in [-0.1, -0.05) is 199 Å². The van der Waals surface area contributed by atoms with Crippen LogP contribution < -0.4 is 5.73 Å². The summed E-state index contributed by atoms with van der Waals surface area (Å²) >= 11 is 0. The van der Waals surface area contributed by atoms with Crippen molar-refractivity contribution in [3.8, 4) is 0 Å². The lowest BCUT2D eigenvalue weighted by molar-refractivity contribution is -0.154. The van der Waals surface area contributed by atoms with Crippen molar-refractivity contribution in [3.63, 3.8) is 0 Å². The summed E-state index contributed by atoms with van der Waals surface area (Å²) in [5.41, 5.74) is 5.37. The van der Waals surface area contributed by atoms with E-state index in [0.717, 1.165) is 32.1 Å². The molecule has 0 saturated heterocycles. The smallest absolute Gasteiger partial charge is 0.457 e. The topological polar surface area (TPSA) is 117 Å². The predicted octanol–water partition coefficient (Wildman–Crippen LogP) is 13.9. The van der Waals surface area contributed by atoms with E-state index in [2.05, 4.69) is 26.0 Å². The fraction of sp³-hybridized carbons (Fsp3) is 0.933. The lowest BCUT2D eigenvalue weighted by atomic mass is 10.0. The van der Waals surface area contributed by atoms with Crippen molar-refractivity contribution in [2.75, 3.05) is 33.0 Å². The molecule has 2 atom stereocenters. The van der Waals surface area contributed by atoms with Crippen molar-refractivity contribution in [2.45, 2.75) is 238 Å². The van der Waals surface area contributed by atoms with Crippen molar-refractivity contribution < 1.29 is 32.8 Å². The Balaban J connectivity index is 3.94. The highest BCUT2D eigenvalue weighted by Crippen LogP contribution is 2.43. The molecule has 54 heavy (non-hydrogen) atoms. The van der Waals surface area contributed by atoms with Crippen LogP contribution in [0.2, 0.25) is 0 Å². The van der Waals surface area contributed by atoms with Crippen LogP contribution in [0.1, 0.15) is 232 Å². The molecule has 0 aromatic rings. The van der Waals surface area contributed by atoms with Crippen LogP contribution in [0.15, 0.2) is 12.2 Å². The number of phosphoric acid groups is 1. The predicted molar refractivity (Wildman–Crippen MR) is 229 cm³/mol. The van der Waals surface area contributed by atoms with Gasteiger partial charge in [-0.05, 0) is 38.5 Å². The van der Waals surface area contributed by atoms with Crippen molar-refractivity contribution >= 4 is 13.8 Å². The number of nitrogens with two attached hydrogens (primary N) is 1. The number of carbonyl (C=O) groups excluding carboxylic acids is 1. The molecule has 0 aliphatic rings. The van der Waals surface area contributed by atoms with E-state index in [1.54, 1.807) is 0 Å². The van der Waals surface area contributed by atoms with Gasteiger partial charge >= 0.3 is 13.8 Å². The summed E-state index contributed by atoms with van der Waals surface area (Å²) in [6, 6.07) is 0. The minimum atomic E-state index is -4.27. The molecule has 0 aliphatic heterocycles. The second-order valence-corrected chi connectivity index (χ2v) is 17.1. The monoisotopic (exact) mass is 788 g/mol. The molecule has 2 unspecified atom stereocenters. The van der Waals surface area contributed by atoms with Gasteiger partial charge in [0.15, 0.2) is 0 Å². The van der Waals surface area contributed by atoms with Gasteiger partial charge in [0.05, 0.1) is 19.8 Å². The number of hydrogen-bond donors (Lipinski definition) is 2. The zero-order valence-electron chi connectivity index (χ0n) is 35.7. The molecule has 0 radical (unpaired) electrons. The van der Waals surface area contributed by atoms with E-state index >= 15 is 0 Å². The Morgan fingerprint density at radius 2 is 0.926 bits per heavy atom. The Morgan fingerprint density at radius 1 is 0.537 bits per heavy atom. The van der Waals surface area contributed by atoms with Crippen LogP contribution in [0, 0.1) is 0 Å². The third kappa shape index (κ3) is 42.4. The van der Waals surface area contributed by atoms with Gasteiger partial charge < -0.3 is 20.1 Å². The molecule has 0 fully saturated rings. The maximum absolute atomic E-state index is 12.6. The van der Waals surface area contributed by atoms with E-state index in [-0.39, 0.29) is 32.3 Å². The maximum Gasteiger partial charge on any atom is 0.472 e. The van der Waals surface area contributed by atoms with Crippen LogP contribution in [-0.2, 0) is 27.9 Å². The van der Waals surface area contributed by atoms with Crippen LogP contribution in [-0.4, -0.2) is 49.9 Å². The molecule has 3 N–H and O–H groups in total. The number of phosphoric ester groups is 1. The minimum Gasteiger partial charge on any atom is -0.457 e. The quantitative estimate of drug-likeness (QED) is 0.0271. The van der Waals surface area contributed by atoms with E-state index in [4.69, 9.17) is 24.3 Å². The average molecular weight is 788 g/mol. The SMILES string of the molecule is CCCCCCCCCC/C=C\CCCCCCCCCCCC(=O)OC(COCCCCCCCCCCCCCCCC)COP(=O)(O)OCCN. The molecule has 0 heterocycles. The summed E-state index contributed by atoms with van der Waals surface area (Å²) in [6.07, 6.45) is 46.6. The standard InChI is InChI=1S/C45H90NO7P/c1-3-5-7-9-11-13-15-17-19-20-21-22-23-24-25-26-28-30-32-34-36-38-45(47)53-44(43-52-54(48,49)51-41-39-46)42-50-40-37-35-33-31-29-27-18-16-14-12-10-8-6-4-2/h20-21,44H,3-19,22-43,46H2,1-2H3,(H,48,49)/b21-20-. The first kappa shape index (κ1) is 53.2. The highest BCUT2D eigenvalue weighted by Gasteiger charge is 2.25. The fourth-order valence-electron chi connectivity index (χ4n) is 6.76. The normalized spacial score (nSPS) is 13.5. The largest absolute Gasteiger partial charge is 0.472 e. The Kier molecular flexibility index (Phi) is 42.8. The molecule has 0 rings (SSSR count). The van der Waals surface area contributed by atoms with Gasteiger partial charge in [-0.2, -0.15) is 0 Å². The lowest BCUT2D eigenvalue weighted by Gasteiger charge is -2.20. The van der Waals surface area contributed by atoms with Gasteiger partial charge in [-0.15, -0.1) is 0 Å². The van der Waals surface area contributed by atoms with Gasteiger partial charge in [0.2, 0.25) is 0 Å². The molecule has 0 aromatic heterocycles. The molecule has 9 heteroatoms. The molecule has 322 valence electrons. The molecular formula is C45H90NO7P. The Bertz CT molecular complexity index is 843. The van der Waals surface area contributed by atoms with Crippen molar-refractivity contribution in [2.24, 2.45) is 5.73 Å². The van der Waals surface area contributed by atoms with Gasteiger partial charge in [-0.3, -0.25) is 13.8 Å². The van der Waals surface area contributed by atoms with Crippen molar-refractivity contribution in [1.82, 2.24) is 0 Å². The molecule has 8 nitrogen and oxygen atoms in total. The number of ether oxygens (including phenoxy) is 2. The average Bonchev–Trinajstić information content (AvgIpc) is 3.16. The van der Waals surface area contributed by atoms with Crippen LogP contribution in [0.5, 0.6) is 0 Å². The summed E-state index contributed by atoms with van der Waals surface area (Å²) in [5, 5.41) is 0. The first-order chi connectivity index (χ1) is 26.4. The molecule has 0 saturated carbocycles. The third-order valence-electron chi connectivity index (χ3n) is 10.2. The van der Waals surface area contributed by atoms with Gasteiger partial charge in [0, 0.05) is 19.6 Å². The number of hydrogen-bond acceptors (Lipinski definition) is 7. The summed E-state index contributed by atoms with van der Waals surface area (Å²) in [5.74, 6) is -0.328. The molecule has 0 amide bonds. The molecule has 0 bridgehead atoms. The minimum absolute atomic E-state index is 0.0923. The molecule has 0 spiro atoms. The summed E-state index contributed by atoms with van der Waals surface area (Å²) in [7, 11) is -4.27. The lowest BCUT2D eigenvalue weighted by Crippen LogP contribution is -2.28. The van der Waals surface area contributed by atoms with Crippen LogP contribution >= 0.6 is 7.82 Å². The number of rotatable bonds is 45. The van der Waals surface area contributed by atoms with E-state index < -0.39 is 13.9 Å². The summed E-state index contributed by atoms with van der Waals surface area (Å²) < 4.78 is 33.5. The summed E-state index contributed by atoms with van der Waals surface area (Å²) in [4.78, 5) is 22.5. The molecule has 0 aliphatic carbocycles. The van der Waals surface area contributed by atoms with Gasteiger partial charge in [-0.25, -0.2) is 4.57 Å². The fourth-order valence-corrected chi connectivity index (χ4v) is 7.52. The Morgan fingerprint density at radius 3 is 1.35 bits per heavy atom. The molecular weight excluding hydrogens is 697 g/mol. The van der Waals surface area contributed by atoms with Crippen molar-refractivity contribution in [3.05, 3.63) is 12.2 Å². The zero-order valence-corrected chi connectivity index (χ0v) is 36.6. The van der Waals surface area contributed by atoms with Gasteiger partial charge in [0.25, 0.3) is 0 Å². The van der Waals surface area contributed by atoms with E-state index in [1.807, 2.05) is 0 Å². The van der Waals surface area contributed by atoms with Crippen molar-refractivity contribution in [1.29, 1.82) is 0 Å². The van der Waals surface area contributed by atoms with E-state index in [0.29, 0.717) is 13.0 Å². The van der Waals surface area contributed by atoms with Crippen LogP contribution in [0.4, 0.5) is 0 Å².